The second kappa shape index (κ2) is 9.94. The van der Waals surface area contributed by atoms with E-state index < -0.39 is 0 Å². The summed E-state index contributed by atoms with van der Waals surface area (Å²) in [7, 11) is 0. The van der Waals surface area contributed by atoms with Crippen LogP contribution in [0.2, 0.25) is 0 Å². The standard InChI is InChI=1S/C27H27FO/c1-4-6-17-29-27-19-22(5-2)25(18-26(27)28)16-11-21-9-14-24(15-10-21)23-12-7-20(3)8-13-23/h7-10,12-15,18-19H,4-6,17H2,1-3H3. The number of rotatable bonds is 6. The first kappa shape index (κ1) is 20.7. The van der Waals surface area contributed by atoms with Crippen molar-refractivity contribution in [3.8, 4) is 28.7 Å². The molecule has 29 heavy (non-hydrogen) atoms. The fraction of sp³-hybridized carbons (Fsp3) is 0.259. The lowest BCUT2D eigenvalue weighted by Gasteiger charge is -2.10. The van der Waals surface area contributed by atoms with Crippen LogP contribution in [0.5, 0.6) is 5.75 Å². The van der Waals surface area contributed by atoms with E-state index in [-0.39, 0.29) is 5.82 Å². The van der Waals surface area contributed by atoms with Gasteiger partial charge in [-0.25, -0.2) is 4.39 Å². The van der Waals surface area contributed by atoms with Crippen LogP contribution < -0.4 is 4.74 Å². The highest BCUT2D eigenvalue weighted by Gasteiger charge is 2.09. The number of halogens is 1. The van der Waals surface area contributed by atoms with Gasteiger partial charge in [0.25, 0.3) is 0 Å². The summed E-state index contributed by atoms with van der Waals surface area (Å²) in [6.45, 7) is 6.75. The zero-order chi connectivity index (χ0) is 20.6. The predicted molar refractivity (Wildman–Crippen MR) is 119 cm³/mol. The molecule has 3 aromatic carbocycles. The predicted octanol–water partition coefficient (Wildman–Crippen LogP) is 6.94. The van der Waals surface area contributed by atoms with Gasteiger partial charge in [0.1, 0.15) is 0 Å². The Morgan fingerprint density at radius 1 is 0.862 bits per heavy atom. The fourth-order valence-electron chi connectivity index (χ4n) is 3.07. The molecule has 0 bridgehead atoms. The third kappa shape index (κ3) is 5.48. The summed E-state index contributed by atoms with van der Waals surface area (Å²) in [4.78, 5) is 0. The summed E-state index contributed by atoms with van der Waals surface area (Å²) < 4.78 is 20.0. The average Bonchev–Trinajstić information content (AvgIpc) is 2.74. The number of benzene rings is 3. The van der Waals surface area contributed by atoms with E-state index in [2.05, 4.69) is 62.1 Å². The molecule has 0 fully saturated rings. The highest BCUT2D eigenvalue weighted by molar-refractivity contribution is 5.64. The van der Waals surface area contributed by atoms with Gasteiger partial charge in [-0.1, -0.05) is 74.1 Å². The van der Waals surface area contributed by atoms with E-state index in [1.807, 2.05) is 19.1 Å². The molecule has 0 atom stereocenters. The highest BCUT2D eigenvalue weighted by Crippen LogP contribution is 2.24. The molecule has 0 amide bonds. The van der Waals surface area contributed by atoms with Crippen LogP contribution in [0.15, 0.2) is 60.7 Å². The summed E-state index contributed by atoms with van der Waals surface area (Å²) in [6.07, 6.45) is 2.72. The quantitative estimate of drug-likeness (QED) is 0.329. The second-order valence-electron chi connectivity index (χ2n) is 7.19. The zero-order valence-corrected chi connectivity index (χ0v) is 17.4. The van der Waals surface area contributed by atoms with Crippen molar-refractivity contribution >= 4 is 0 Å². The summed E-state index contributed by atoms with van der Waals surface area (Å²) in [5.74, 6) is 6.27. The molecule has 0 N–H and O–H groups in total. The molecule has 0 aromatic heterocycles. The van der Waals surface area contributed by atoms with Crippen LogP contribution >= 0.6 is 0 Å². The van der Waals surface area contributed by atoms with Gasteiger partial charge in [0.2, 0.25) is 0 Å². The van der Waals surface area contributed by atoms with Crippen molar-refractivity contribution < 1.29 is 9.13 Å². The molecular formula is C27H27FO. The smallest absolute Gasteiger partial charge is 0.166 e. The number of unbranched alkanes of at least 4 members (excludes halogenated alkanes) is 1. The lowest BCUT2D eigenvalue weighted by molar-refractivity contribution is 0.294. The minimum Gasteiger partial charge on any atom is -0.491 e. The summed E-state index contributed by atoms with van der Waals surface area (Å²) in [6, 6.07) is 19.9. The summed E-state index contributed by atoms with van der Waals surface area (Å²) in [5.41, 5.74) is 6.22. The van der Waals surface area contributed by atoms with Gasteiger partial charge in [-0.15, -0.1) is 0 Å². The van der Waals surface area contributed by atoms with Crippen LogP contribution in [-0.2, 0) is 6.42 Å². The molecule has 0 heterocycles. The molecular weight excluding hydrogens is 359 g/mol. The lowest BCUT2D eigenvalue weighted by atomic mass is 10.0. The van der Waals surface area contributed by atoms with E-state index in [9.17, 15) is 4.39 Å². The molecule has 1 nitrogen and oxygen atoms in total. The van der Waals surface area contributed by atoms with Crippen molar-refractivity contribution in [2.75, 3.05) is 6.61 Å². The molecule has 148 valence electrons. The Labute approximate surface area is 173 Å². The fourth-order valence-corrected chi connectivity index (χ4v) is 3.07. The Kier molecular flexibility index (Phi) is 7.09. The summed E-state index contributed by atoms with van der Waals surface area (Å²) >= 11 is 0. The van der Waals surface area contributed by atoms with Gasteiger partial charge in [0.05, 0.1) is 6.61 Å². The van der Waals surface area contributed by atoms with Gasteiger partial charge in [-0.3, -0.25) is 0 Å². The van der Waals surface area contributed by atoms with E-state index in [0.717, 1.165) is 41.5 Å². The molecule has 2 heteroatoms. The first-order valence-corrected chi connectivity index (χ1v) is 10.2. The number of aryl methyl sites for hydroxylation is 2. The van der Waals surface area contributed by atoms with Gasteiger partial charge in [0.15, 0.2) is 11.6 Å². The molecule has 0 aliphatic rings. The van der Waals surface area contributed by atoms with E-state index >= 15 is 0 Å². The van der Waals surface area contributed by atoms with Gasteiger partial charge in [0, 0.05) is 11.1 Å². The SMILES string of the molecule is CCCCOc1cc(CC)c(C#Cc2ccc(-c3ccc(C)cc3)cc2)cc1F. The van der Waals surface area contributed by atoms with E-state index in [1.54, 1.807) is 6.07 Å². The Balaban J connectivity index is 1.79. The normalized spacial score (nSPS) is 10.3. The van der Waals surface area contributed by atoms with E-state index in [4.69, 9.17) is 4.74 Å². The topological polar surface area (TPSA) is 9.23 Å². The van der Waals surface area contributed by atoms with Crippen LogP contribution in [-0.4, -0.2) is 6.61 Å². The largest absolute Gasteiger partial charge is 0.491 e. The maximum Gasteiger partial charge on any atom is 0.166 e. The third-order valence-electron chi connectivity index (χ3n) is 4.91. The molecule has 3 aromatic rings. The number of ether oxygens (including phenoxy) is 1. The monoisotopic (exact) mass is 386 g/mol. The minimum absolute atomic E-state index is 0.323. The highest BCUT2D eigenvalue weighted by atomic mass is 19.1. The van der Waals surface area contributed by atoms with Crippen LogP contribution in [0.4, 0.5) is 4.39 Å². The zero-order valence-electron chi connectivity index (χ0n) is 17.4. The van der Waals surface area contributed by atoms with Crippen molar-refractivity contribution in [1.82, 2.24) is 0 Å². The molecule has 0 saturated heterocycles. The first-order valence-electron chi connectivity index (χ1n) is 10.2. The molecule has 0 radical (unpaired) electrons. The van der Waals surface area contributed by atoms with Crippen LogP contribution in [0.3, 0.4) is 0 Å². The van der Waals surface area contributed by atoms with Gasteiger partial charge < -0.3 is 4.74 Å². The molecule has 0 aliphatic carbocycles. The number of hydrogen-bond donors (Lipinski definition) is 0. The van der Waals surface area contributed by atoms with Gasteiger partial charge in [-0.2, -0.15) is 0 Å². The maximum absolute atomic E-state index is 14.4. The van der Waals surface area contributed by atoms with E-state index in [0.29, 0.717) is 12.4 Å². The van der Waals surface area contributed by atoms with Crippen molar-refractivity contribution in [1.29, 1.82) is 0 Å². The van der Waals surface area contributed by atoms with Gasteiger partial charge in [-0.05, 0) is 60.7 Å². The van der Waals surface area contributed by atoms with Crippen LogP contribution in [0.25, 0.3) is 11.1 Å². The van der Waals surface area contributed by atoms with E-state index in [1.165, 1.54) is 17.2 Å². The average molecular weight is 387 g/mol. The van der Waals surface area contributed by atoms with Crippen LogP contribution in [0.1, 0.15) is 48.9 Å². The Morgan fingerprint density at radius 2 is 1.52 bits per heavy atom. The molecule has 0 aliphatic heterocycles. The minimum atomic E-state index is -0.350. The summed E-state index contributed by atoms with van der Waals surface area (Å²) in [5, 5.41) is 0. The first-order chi connectivity index (χ1) is 14.1. The number of hydrogen-bond acceptors (Lipinski definition) is 1. The Bertz CT molecular complexity index is 1010. The lowest BCUT2D eigenvalue weighted by Crippen LogP contribution is -2.01. The van der Waals surface area contributed by atoms with Crippen molar-refractivity contribution in [2.45, 2.75) is 40.0 Å². The van der Waals surface area contributed by atoms with Gasteiger partial charge >= 0.3 is 0 Å². The van der Waals surface area contributed by atoms with Crippen molar-refractivity contribution in [2.24, 2.45) is 0 Å². The second-order valence-corrected chi connectivity index (χ2v) is 7.19. The third-order valence-corrected chi connectivity index (χ3v) is 4.91. The maximum atomic E-state index is 14.4. The molecule has 0 spiro atoms. The Hall–Kier alpha value is -3.05. The Morgan fingerprint density at radius 3 is 2.14 bits per heavy atom. The molecule has 0 saturated carbocycles. The van der Waals surface area contributed by atoms with Crippen LogP contribution in [0, 0.1) is 24.6 Å². The van der Waals surface area contributed by atoms with Crippen molar-refractivity contribution in [3.63, 3.8) is 0 Å². The van der Waals surface area contributed by atoms with Crippen molar-refractivity contribution in [3.05, 3.63) is 88.7 Å². The molecule has 0 unspecified atom stereocenters. The molecule has 3 rings (SSSR count).